The molecule has 11 heteroatoms. The maximum Gasteiger partial charge on any atom is 0.319 e. The minimum atomic E-state index is -0.905. The molecule has 2 atom stereocenters. The second-order valence-electron chi connectivity index (χ2n) is 12.5. The van der Waals surface area contributed by atoms with Gasteiger partial charge in [0, 0.05) is 31.1 Å². The number of alkyl halides is 1. The Morgan fingerprint density at radius 1 is 1.16 bits per heavy atom. The fraction of sp³-hybridized carbons (Fsp3) is 0.469. The zero-order chi connectivity index (χ0) is 29.5. The van der Waals surface area contributed by atoms with Gasteiger partial charge in [-0.1, -0.05) is 13.0 Å². The largest absolute Gasteiger partial charge is 0.508 e. The maximum atomic E-state index is 16.6. The molecule has 4 saturated heterocycles. The molecule has 0 radical (unpaired) electrons. The highest BCUT2D eigenvalue weighted by atomic mass is 19.1. The van der Waals surface area contributed by atoms with Crippen LogP contribution >= 0.6 is 0 Å². The van der Waals surface area contributed by atoms with Crippen LogP contribution in [-0.2, 0) is 11.2 Å². The van der Waals surface area contributed by atoms with Gasteiger partial charge in [0.1, 0.15) is 47.0 Å². The van der Waals surface area contributed by atoms with Crippen molar-refractivity contribution in [1.29, 1.82) is 0 Å². The van der Waals surface area contributed by atoms with E-state index in [9.17, 15) is 13.9 Å². The lowest BCUT2D eigenvalue weighted by Gasteiger charge is -2.55. The Morgan fingerprint density at radius 2 is 2.00 bits per heavy atom. The predicted octanol–water partition coefficient (Wildman–Crippen LogP) is 5.33. The number of fused-ring (bicyclic) bond motifs is 3. The summed E-state index contributed by atoms with van der Waals surface area (Å²) in [7, 11) is 0. The first-order chi connectivity index (χ1) is 20.8. The van der Waals surface area contributed by atoms with E-state index < -0.39 is 23.3 Å². The Kier molecular flexibility index (Phi) is 6.04. The molecule has 0 aliphatic carbocycles. The van der Waals surface area contributed by atoms with E-state index in [0.29, 0.717) is 60.0 Å². The first kappa shape index (κ1) is 26.9. The lowest BCUT2D eigenvalue weighted by molar-refractivity contribution is -0.161. The van der Waals surface area contributed by atoms with Crippen LogP contribution in [0.5, 0.6) is 11.8 Å². The van der Waals surface area contributed by atoms with E-state index in [1.165, 1.54) is 24.4 Å². The molecule has 2 aromatic carbocycles. The first-order valence-corrected chi connectivity index (χ1v) is 15.0. The molecule has 224 valence electrons. The number of nitrogens with zero attached hydrogens (tertiary/aromatic N) is 5. The SMILES string of the molecule is CCc1c(F)ccc2cc(O)cc(-c3ncc4c(N5CC6(CCO6)C5)nc(OC[C@@]56CCCN5C[C@H](F)C6)nc4c3F)c12. The topological polar surface area (TPSA) is 83.8 Å². The van der Waals surface area contributed by atoms with Crippen molar-refractivity contribution in [2.45, 2.75) is 56.3 Å². The van der Waals surface area contributed by atoms with Crippen molar-refractivity contribution in [3.63, 3.8) is 0 Å². The van der Waals surface area contributed by atoms with Crippen LogP contribution in [0.1, 0.15) is 38.2 Å². The zero-order valence-electron chi connectivity index (χ0n) is 23.9. The number of phenols is 1. The summed E-state index contributed by atoms with van der Waals surface area (Å²) < 4.78 is 57.9. The summed E-state index contributed by atoms with van der Waals surface area (Å²) in [6, 6.07) is 5.87. The molecule has 0 amide bonds. The first-order valence-electron chi connectivity index (χ1n) is 15.0. The van der Waals surface area contributed by atoms with Crippen molar-refractivity contribution in [2.75, 3.05) is 44.3 Å². The maximum absolute atomic E-state index is 16.6. The number of anilines is 1. The van der Waals surface area contributed by atoms with E-state index in [2.05, 4.69) is 14.9 Å². The van der Waals surface area contributed by atoms with E-state index >= 15 is 4.39 Å². The molecule has 4 fully saturated rings. The van der Waals surface area contributed by atoms with Crippen molar-refractivity contribution in [3.05, 3.63) is 47.7 Å². The number of halogens is 3. The van der Waals surface area contributed by atoms with E-state index in [1.54, 1.807) is 6.07 Å². The number of benzene rings is 2. The number of ether oxygens (including phenoxy) is 2. The van der Waals surface area contributed by atoms with Crippen molar-refractivity contribution in [1.82, 2.24) is 19.9 Å². The highest BCUT2D eigenvalue weighted by molar-refractivity contribution is 6.01. The van der Waals surface area contributed by atoms with Gasteiger partial charge >= 0.3 is 6.01 Å². The zero-order valence-corrected chi connectivity index (χ0v) is 23.9. The Bertz CT molecular complexity index is 1780. The molecule has 4 aliphatic heterocycles. The highest BCUT2D eigenvalue weighted by Crippen LogP contribution is 2.44. The Hall–Kier alpha value is -3.70. The summed E-state index contributed by atoms with van der Waals surface area (Å²) in [6.45, 7) is 5.20. The molecule has 0 unspecified atom stereocenters. The number of aryl methyl sites for hydroxylation is 1. The Morgan fingerprint density at radius 3 is 2.77 bits per heavy atom. The summed E-state index contributed by atoms with van der Waals surface area (Å²) in [4.78, 5) is 17.9. The van der Waals surface area contributed by atoms with E-state index in [1.807, 2.05) is 11.8 Å². The van der Waals surface area contributed by atoms with E-state index in [-0.39, 0.29) is 40.7 Å². The standard InChI is InChI=1S/C32H32F3N5O3/c1-2-21-24(34)5-4-18-10-20(41)11-22(25(18)21)27-26(35)28-23(13-36-27)29(39-15-32(16-39)7-9-43-32)38-30(37-28)42-17-31-6-3-8-40(31)14-19(33)12-31/h4-5,10-11,13,19,41H,2-3,6-9,12,14-17H2,1H3/t19-,31+/m1/s1. The number of phenolic OH excluding ortho intramolecular Hbond substituents is 1. The lowest BCUT2D eigenvalue weighted by atomic mass is 9.86. The quantitative estimate of drug-likeness (QED) is 0.323. The summed E-state index contributed by atoms with van der Waals surface area (Å²) in [5.41, 5.74) is 0.0384. The summed E-state index contributed by atoms with van der Waals surface area (Å²) in [5, 5.41) is 12.0. The molecule has 43 heavy (non-hydrogen) atoms. The van der Waals surface area contributed by atoms with Gasteiger partial charge < -0.3 is 19.5 Å². The summed E-state index contributed by atoms with van der Waals surface area (Å²) >= 11 is 0. The molecule has 1 N–H and O–H groups in total. The number of aromatic nitrogens is 3. The molecule has 1 spiro atoms. The third kappa shape index (κ3) is 4.15. The third-order valence-corrected chi connectivity index (χ3v) is 9.86. The van der Waals surface area contributed by atoms with Gasteiger partial charge in [0.05, 0.1) is 30.6 Å². The van der Waals surface area contributed by atoms with Crippen molar-refractivity contribution >= 4 is 27.5 Å². The predicted molar refractivity (Wildman–Crippen MR) is 155 cm³/mol. The fourth-order valence-corrected chi connectivity index (χ4v) is 7.63. The number of rotatable bonds is 6. The van der Waals surface area contributed by atoms with Gasteiger partial charge in [-0.3, -0.25) is 9.88 Å². The molecular formula is C32H32F3N5O3. The lowest BCUT2D eigenvalue weighted by Crippen LogP contribution is -2.68. The average molecular weight is 592 g/mol. The molecular weight excluding hydrogens is 559 g/mol. The third-order valence-electron chi connectivity index (χ3n) is 9.86. The van der Waals surface area contributed by atoms with Gasteiger partial charge in [0.25, 0.3) is 0 Å². The molecule has 0 bridgehead atoms. The molecule has 4 aliphatic rings. The van der Waals surface area contributed by atoms with Crippen molar-refractivity contribution in [2.24, 2.45) is 0 Å². The number of hydrogen-bond donors (Lipinski definition) is 1. The van der Waals surface area contributed by atoms with Crippen molar-refractivity contribution < 1.29 is 27.8 Å². The summed E-state index contributed by atoms with van der Waals surface area (Å²) in [5.74, 6) is -0.712. The van der Waals surface area contributed by atoms with E-state index in [0.717, 1.165) is 32.4 Å². The van der Waals surface area contributed by atoms with Gasteiger partial charge in [0.15, 0.2) is 5.82 Å². The van der Waals surface area contributed by atoms with Crippen LogP contribution in [0.4, 0.5) is 19.0 Å². The monoisotopic (exact) mass is 591 g/mol. The van der Waals surface area contributed by atoms with Gasteiger partial charge in [-0.05, 0) is 60.3 Å². The summed E-state index contributed by atoms with van der Waals surface area (Å²) in [6.07, 6.45) is 4.14. The Labute approximate surface area is 246 Å². The second-order valence-corrected chi connectivity index (χ2v) is 12.5. The van der Waals surface area contributed by atoms with Gasteiger partial charge in [-0.2, -0.15) is 9.97 Å². The van der Waals surface area contributed by atoms with Gasteiger partial charge in [-0.15, -0.1) is 0 Å². The van der Waals surface area contributed by atoms with Crippen LogP contribution in [-0.4, -0.2) is 81.7 Å². The van der Waals surface area contributed by atoms with Crippen LogP contribution < -0.4 is 9.64 Å². The minimum absolute atomic E-state index is 0.0126. The molecule has 6 heterocycles. The number of pyridine rings is 1. The normalized spacial score (nSPS) is 24.5. The van der Waals surface area contributed by atoms with Crippen LogP contribution in [0.25, 0.3) is 32.9 Å². The molecule has 2 aromatic heterocycles. The van der Waals surface area contributed by atoms with Crippen molar-refractivity contribution in [3.8, 4) is 23.0 Å². The van der Waals surface area contributed by atoms with Crippen LogP contribution in [0.3, 0.4) is 0 Å². The highest BCUT2D eigenvalue weighted by Gasteiger charge is 2.51. The Balaban J connectivity index is 1.25. The number of hydrogen-bond acceptors (Lipinski definition) is 8. The molecule has 8 rings (SSSR count). The van der Waals surface area contributed by atoms with Crippen LogP contribution in [0.2, 0.25) is 0 Å². The van der Waals surface area contributed by atoms with Crippen LogP contribution in [0, 0.1) is 11.6 Å². The number of aromatic hydroxyl groups is 1. The smallest absolute Gasteiger partial charge is 0.319 e. The van der Waals surface area contributed by atoms with Gasteiger partial charge in [0.2, 0.25) is 0 Å². The average Bonchev–Trinajstić information content (AvgIpc) is 3.46. The van der Waals surface area contributed by atoms with Crippen LogP contribution in [0.15, 0.2) is 30.5 Å². The molecule has 4 aromatic rings. The molecule has 8 nitrogen and oxygen atoms in total. The minimum Gasteiger partial charge on any atom is -0.508 e. The van der Waals surface area contributed by atoms with E-state index in [4.69, 9.17) is 14.5 Å². The fourth-order valence-electron chi connectivity index (χ4n) is 7.63. The van der Waals surface area contributed by atoms with Gasteiger partial charge in [-0.25, -0.2) is 13.2 Å². The molecule has 0 saturated carbocycles. The second kappa shape index (κ2) is 9.65.